The molecule has 3 N–H and O–H groups in total. The number of nitrogens with zero attached hydrogens (tertiary/aromatic N) is 1. The molecular formula is C14H21N3O2. The first kappa shape index (κ1) is 13.8. The minimum atomic E-state index is -0.192. The van der Waals surface area contributed by atoms with Crippen LogP contribution in [0.15, 0.2) is 18.3 Å². The number of nitrogens with one attached hydrogen (secondary N) is 2. The average molecular weight is 263 g/mol. The van der Waals surface area contributed by atoms with Gasteiger partial charge in [-0.25, -0.2) is 4.98 Å². The lowest BCUT2D eigenvalue weighted by atomic mass is 10.1. The third-order valence-electron chi connectivity index (χ3n) is 3.53. The topological polar surface area (TPSA) is 74.2 Å². The molecule has 1 amide bonds. The zero-order valence-corrected chi connectivity index (χ0v) is 11.2. The van der Waals surface area contributed by atoms with E-state index >= 15 is 0 Å². The maximum absolute atomic E-state index is 11.6. The van der Waals surface area contributed by atoms with Gasteiger partial charge in [0.2, 0.25) is 0 Å². The minimum Gasteiger partial charge on any atom is -0.393 e. The van der Waals surface area contributed by atoms with Gasteiger partial charge in [0.15, 0.2) is 0 Å². The summed E-state index contributed by atoms with van der Waals surface area (Å²) in [6, 6.07) is 3.55. The summed E-state index contributed by atoms with van der Waals surface area (Å²) in [6.07, 6.45) is 4.43. The molecule has 1 aromatic heterocycles. The van der Waals surface area contributed by atoms with Crippen molar-refractivity contribution >= 4 is 11.7 Å². The molecule has 19 heavy (non-hydrogen) atoms. The standard InChI is InChI=1S/C14H21N3O2/c1-2-15-14(19)11-6-7-13(17-9-11)16-8-10-4-3-5-12(10)18/h6-7,9-10,12,18H,2-5,8H2,1H3,(H,15,19)(H,16,17). The van der Waals surface area contributed by atoms with Crippen molar-refractivity contribution in [3.8, 4) is 0 Å². The Morgan fingerprint density at radius 1 is 1.47 bits per heavy atom. The monoisotopic (exact) mass is 263 g/mol. The molecule has 5 nitrogen and oxygen atoms in total. The van der Waals surface area contributed by atoms with Gasteiger partial charge in [0.25, 0.3) is 5.91 Å². The molecule has 104 valence electrons. The fourth-order valence-corrected chi connectivity index (χ4v) is 2.39. The summed E-state index contributed by atoms with van der Waals surface area (Å²) in [6.45, 7) is 3.22. The molecule has 1 aliphatic rings. The van der Waals surface area contributed by atoms with Crippen LogP contribution >= 0.6 is 0 Å². The quantitative estimate of drug-likeness (QED) is 0.751. The maximum Gasteiger partial charge on any atom is 0.252 e. The molecule has 1 aliphatic carbocycles. The van der Waals surface area contributed by atoms with E-state index in [4.69, 9.17) is 0 Å². The molecule has 1 fully saturated rings. The third kappa shape index (κ3) is 3.67. The summed E-state index contributed by atoms with van der Waals surface area (Å²) in [5.74, 6) is 0.949. The fraction of sp³-hybridized carbons (Fsp3) is 0.571. The van der Waals surface area contributed by atoms with Crippen LogP contribution < -0.4 is 10.6 Å². The van der Waals surface area contributed by atoms with E-state index in [2.05, 4.69) is 15.6 Å². The number of hydrogen-bond donors (Lipinski definition) is 3. The number of carbonyl (C=O) groups is 1. The molecule has 0 spiro atoms. The van der Waals surface area contributed by atoms with Crippen molar-refractivity contribution < 1.29 is 9.90 Å². The van der Waals surface area contributed by atoms with Crippen molar-refractivity contribution in [2.75, 3.05) is 18.4 Å². The molecule has 1 heterocycles. The van der Waals surface area contributed by atoms with Crippen LogP contribution in [0.3, 0.4) is 0 Å². The van der Waals surface area contributed by atoms with Gasteiger partial charge in [-0.05, 0) is 31.9 Å². The Hall–Kier alpha value is -1.62. The molecule has 1 aromatic rings. The number of aromatic nitrogens is 1. The fourth-order valence-electron chi connectivity index (χ4n) is 2.39. The van der Waals surface area contributed by atoms with E-state index in [-0.39, 0.29) is 12.0 Å². The molecule has 0 bridgehead atoms. The Bertz CT molecular complexity index is 419. The Morgan fingerprint density at radius 2 is 2.32 bits per heavy atom. The number of carbonyl (C=O) groups excluding carboxylic acids is 1. The highest BCUT2D eigenvalue weighted by Gasteiger charge is 2.24. The number of amides is 1. The number of hydrogen-bond acceptors (Lipinski definition) is 4. The van der Waals surface area contributed by atoms with Crippen molar-refractivity contribution in [3.63, 3.8) is 0 Å². The van der Waals surface area contributed by atoms with E-state index in [0.29, 0.717) is 18.0 Å². The van der Waals surface area contributed by atoms with Crippen LogP contribution in [0.4, 0.5) is 5.82 Å². The van der Waals surface area contributed by atoms with Crippen LogP contribution in [0, 0.1) is 5.92 Å². The summed E-state index contributed by atoms with van der Waals surface area (Å²) in [7, 11) is 0. The second-order valence-corrected chi connectivity index (χ2v) is 4.93. The Kier molecular flexibility index (Phi) is 4.74. The first-order chi connectivity index (χ1) is 9.20. The molecule has 1 saturated carbocycles. The highest BCUT2D eigenvalue weighted by molar-refractivity contribution is 5.93. The number of aliphatic hydroxyl groups excluding tert-OH is 1. The molecule has 2 rings (SSSR count). The molecule has 0 radical (unpaired) electrons. The predicted molar refractivity (Wildman–Crippen MR) is 74.1 cm³/mol. The van der Waals surface area contributed by atoms with Gasteiger partial charge in [-0.15, -0.1) is 0 Å². The zero-order chi connectivity index (χ0) is 13.7. The minimum absolute atomic E-state index is 0.104. The molecule has 0 aliphatic heterocycles. The van der Waals surface area contributed by atoms with Crippen molar-refractivity contribution in [1.82, 2.24) is 10.3 Å². The van der Waals surface area contributed by atoms with E-state index in [9.17, 15) is 9.90 Å². The Morgan fingerprint density at radius 3 is 2.89 bits per heavy atom. The molecule has 5 heteroatoms. The first-order valence-corrected chi connectivity index (χ1v) is 6.87. The smallest absolute Gasteiger partial charge is 0.252 e. The van der Waals surface area contributed by atoms with Crippen LogP contribution in [-0.4, -0.2) is 35.2 Å². The number of rotatable bonds is 5. The normalized spacial score (nSPS) is 22.2. The van der Waals surface area contributed by atoms with Crippen LogP contribution in [0.2, 0.25) is 0 Å². The second-order valence-electron chi connectivity index (χ2n) is 4.93. The van der Waals surface area contributed by atoms with Crippen LogP contribution in [0.25, 0.3) is 0 Å². The largest absolute Gasteiger partial charge is 0.393 e. The summed E-state index contributed by atoms with van der Waals surface area (Å²) in [5.41, 5.74) is 0.563. The summed E-state index contributed by atoms with van der Waals surface area (Å²) in [5, 5.41) is 15.7. The molecule has 0 saturated heterocycles. The van der Waals surface area contributed by atoms with E-state index in [1.807, 2.05) is 6.92 Å². The lowest BCUT2D eigenvalue weighted by Gasteiger charge is -2.15. The van der Waals surface area contributed by atoms with E-state index < -0.39 is 0 Å². The van der Waals surface area contributed by atoms with E-state index in [1.54, 1.807) is 18.3 Å². The highest BCUT2D eigenvalue weighted by atomic mass is 16.3. The van der Waals surface area contributed by atoms with Gasteiger partial charge >= 0.3 is 0 Å². The van der Waals surface area contributed by atoms with Crippen molar-refractivity contribution in [2.24, 2.45) is 5.92 Å². The van der Waals surface area contributed by atoms with E-state index in [1.165, 1.54) is 0 Å². The zero-order valence-electron chi connectivity index (χ0n) is 11.2. The molecular weight excluding hydrogens is 242 g/mol. The molecule has 2 unspecified atom stereocenters. The highest BCUT2D eigenvalue weighted by Crippen LogP contribution is 2.25. The van der Waals surface area contributed by atoms with Crippen LogP contribution in [0.1, 0.15) is 36.5 Å². The Balaban J connectivity index is 1.86. The summed E-state index contributed by atoms with van der Waals surface area (Å²) < 4.78 is 0. The lowest BCUT2D eigenvalue weighted by Crippen LogP contribution is -2.23. The SMILES string of the molecule is CCNC(=O)c1ccc(NCC2CCCC2O)nc1. The van der Waals surface area contributed by atoms with Gasteiger partial charge < -0.3 is 15.7 Å². The third-order valence-corrected chi connectivity index (χ3v) is 3.53. The second kappa shape index (κ2) is 6.52. The predicted octanol–water partition coefficient (Wildman–Crippen LogP) is 1.40. The van der Waals surface area contributed by atoms with Gasteiger partial charge in [0.1, 0.15) is 5.82 Å². The number of aliphatic hydroxyl groups is 1. The summed E-state index contributed by atoms with van der Waals surface area (Å²) >= 11 is 0. The average Bonchev–Trinajstić information content (AvgIpc) is 2.83. The van der Waals surface area contributed by atoms with Gasteiger partial charge in [-0.1, -0.05) is 6.42 Å². The number of anilines is 1. The van der Waals surface area contributed by atoms with Crippen LogP contribution in [-0.2, 0) is 0 Å². The van der Waals surface area contributed by atoms with Crippen molar-refractivity contribution in [1.29, 1.82) is 0 Å². The molecule has 0 aromatic carbocycles. The molecule has 2 atom stereocenters. The summed E-state index contributed by atoms with van der Waals surface area (Å²) in [4.78, 5) is 15.8. The van der Waals surface area contributed by atoms with Crippen molar-refractivity contribution in [2.45, 2.75) is 32.3 Å². The Labute approximate surface area is 113 Å². The van der Waals surface area contributed by atoms with Crippen LogP contribution in [0.5, 0.6) is 0 Å². The van der Waals surface area contributed by atoms with Crippen molar-refractivity contribution in [3.05, 3.63) is 23.9 Å². The first-order valence-electron chi connectivity index (χ1n) is 6.87. The number of pyridine rings is 1. The van der Waals surface area contributed by atoms with Gasteiger partial charge in [-0.2, -0.15) is 0 Å². The maximum atomic E-state index is 11.6. The lowest BCUT2D eigenvalue weighted by molar-refractivity contribution is 0.0955. The van der Waals surface area contributed by atoms with Gasteiger partial charge in [-0.3, -0.25) is 4.79 Å². The van der Waals surface area contributed by atoms with Gasteiger partial charge in [0.05, 0.1) is 11.7 Å². The van der Waals surface area contributed by atoms with Gasteiger partial charge in [0, 0.05) is 25.2 Å². The van der Waals surface area contributed by atoms with E-state index in [0.717, 1.165) is 31.6 Å².